The lowest BCUT2D eigenvalue weighted by molar-refractivity contribution is -0.134. The number of carboxylic acids is 2. The van der Waals surface area contributed by atoms with Crippen molar-refractivity contribution in [3.63, 3.8) is 0 Å². The minimum absolute atomic E-state index is 0.0357. The summed E-state index contributed by atoms with van der Waals surface area (Å²) < 4.78 is 40.2. The Morgan fingerprint density at radius 1 is 1.11 bits per heavy atom. The Hall–Kier alpha value is -3.65. The predicted molar refractivity (Wildman–Crippen MR) is 124 cm³/mol. The molecule has 1 aromatic rings. The summed E-state index contributed by atoms with van der Waals surface area (Å²) in [6.45, 7) is 1.63. The van der Waals surface area contributed by atoms with Crippen LogP contribution >= 0.6 is 0 Å². The average molecular weight is 530 g/mol. The summed E-state index contributed by atoms with van der Waals surface area (Å²) in [6.07, 6.45) is 1.81. The van der Waals surface area contributed by atoms with Crippen LogP contribution in [0.4, 0.5) is 18.0 Å². The number of carbonyl (C=O) groups excluding carboxylic acids is 2. The number of likely N-dealkylation sites (tertiary alicyclic amines) is 2. The average Bonchev–Trinajstić information content (AvgIpc) is 3.41. The second-order valence-corrected chi connectivity index (χ2v) is 8.71. The molecule has 0 bridgehead atoms. The zero-order valence-corrected chi connectivity index (χ0v) is 20.4. The molecule has 0 unspecified atom stereocenters. The van der Waals surface area contributed by atoms with Gasteiger partial charge in [-0.1, -0.05) is 0 Å². The molecule has 2 aliphatic heterocycles. The lowest BCUT2D eigenvalue weighted by Crippen LogP contribution is -2.47. The van der Waals surface area contributed by atoms with Gasteiger partial charge in [-0.25, -0.2) is 33.0 Å². The number of nitrogens with zero attached hydrogens (tertiary/aromatic N) is 3. The minimum Gasteiger partial charge on any atom is -0.478 e. The lowest BCUT2D eigenvalue weighted by atomic mass is 10.0. The summed E-state index contributed by atoms with van der Waals surface area (Å²) in [7, 11) is 3.29. The molecule has 0 aromatic heterocycles. The van der Waals surface area contributed by atoms with E-state index in [1.54, 1.807) is 23.9 Å². The van der Waals surface area contributed by atoms with Crippen molar-refractivity contribution >= 4 is 23.9 Å². The SMILES string of the molecule is CNN(C)C(=O)N1C[C@@H]2CCN(C(=O)C[C@H](N)Cc3cc(F)c(F)cc3F)[C@@H]2C1.O=C(O)/C=C/C(=O)O. The Morgan fingerprint density at radius 2 is 1.70 bits per heavy atom. The standard InChI is InChI=1S/C19H26F3N5O2.C4H4O4/c1-24-25(2)19(29)26-9-11-3-4-27(17(11)10-26)18(28)7-13(23)5-12-6-15(21)16(22)8-14(12)20;5-3(6)1-2-4(7)8/h6,8,11,13,17,24H,3-5,7,9-10,23H2,1-2H3;1-2H,(H,5,6)(H,7,8)/b;2-1+/t11-,13+,17+;/m0./s1. The van der Waals surface area contributed by atoms with E-state index in [0.29, 0.717) is 37.9 Å². The number of aliphatic carboxylic acids is 2. The van der Waals surface area contributed by atoms with Gasteiger partial charge in [0, 0.05) is 70.3 Å². The number of fused-ring (bicyclic) bond motifs is 1. The minimum atomic E-state index is -1.26. The first-order chi connectivity index (χ1) is 17.3. The van der Waals surface area contributed by atoms with Gasteiger partial charge >= 0.3 is 18.0 Å². The van der Waals surface area contributed by atoms with Crippen LogP contribution < -0.4 is 11.2 Å². The van der Waals surface area contributed by atoms with E-state index in [1.165, 1.54) is 5.01 Å². The van der Waals surface area contributed by atoms with Gasteiger partial charge in [-0.05, 0) is 24.5 Å². The summed E-state index contributed by atoms with van der Waals surface area (Å²) in [5, 5.41) is 17.0. The highest BCUT2D eigenvalue weighted by Crippen LogP contribution is 2.32. The molecular formula is C23H30F3N5O6. The number of urea groups is 1. The Balaban J connectivity index is 0.000000521. The largest absolute Gasteiger partial charge is 0.478 e. The number of rotatable bonds is 7. The first-order valence-electron chi connectivity index (χ1n) is 11.4. The van der Waals surface area contributed by atoms with Gasteiger partial charge in [0.05, 0.1) is 6.04 Å². The number of carboxylic acid groups (broad SMARTS) is 2. The van der Waals surface area contributed by atoms with Crippen LogP contribution in [-0.4, -0.2) is 94.7 Å². The van der Waals surface area contributed by atoms with Crippen molar-refractivity contribution in [3.05, 3.63) is 47.3 Å². The van der Waals surface area contributed by atoms with E-state index in [9.17, 15) is 32.3 Å². The number of hydrogen-bond acceptors (Lipinski definition) is 6. The van der Waals surface area contributed by atoms with Crippen LogP contribution in [0.25, 0.3) is 0 Å². The Kier molecular flexibility index (Phi) is 10.4. The summed E-state index contributed by atoms with van der Waals surface area (Å²) in [6, 6.07) is 0.315. The molecule has 2 aliphatic rings. The number of carbonyl (C=O) groups is 4. The van der Waals surface area contributed by atoms with Crippen molar-refractivity contribution in [2.45, 2.75) is 31.3 Å². The maximum Gasteiger partial charge on any atom is 0.334 e. The molecule has 3 atom stereocenters. The summed E-state index contributed by atoms with van der Waals surface area (Å²) in [5.74, 6) is -5.77. The van der Waals surface area contributed by atoms with Crippen molar-refractivity contribution in [2.75, 3.05) is 33.7 Å². The van der Waals surface area contributed by atoms with E-state index in [-0.39, 0.29) is 42.3 Å². The highest BCUT2D eigenvalue weighted by molar-refractivity contribution is 5.89. The van der Waals surface area contributed by atoms with Gasteiger partial charge in [0.2, 0.25) is 5.91 Å². The third-order valence-electron chi connectivity index (χ3n) is 6.14. The summed E-state index contributed by atoms with van der Waals surface area (Å²) in [5.41, 5.74) is 8.70. The predicted octanol–water partition coefficient (Wildman–Crippen LogP) is 0.795. The molecule has 11 nitrogen and oxygen atoms in total. The maximum absolute atomic E-state index is 13.8. The Labute approximate surface area is 211 Å². The van der Waals surface area contributed by atoms with E-state index in [0.717, 1.165) is 12.5 Å². The van der Waals surface area contributed by atoms with Crippen LogP contribution in [0, 0.1) is 23.4 Å². The van der Waals surface area contributed by atoms with Gasteiger partial charge in [0.15, 0.2) is 11.6 Å². The van der Waals surface area contributed by atoms with E-state index >= 15 is 0 Å². The van der Waals surface area contributed by atoms with E-state index in [2.05, 4.69) is 5.43 Å². The number of nitrogens with two attached hydrogens (primary N) is 1. The van der Waals surface area contributed by atoms with Gasteiger partial charge in [-0.3, -0.25) is 9.80 Å². The molecule has 14 heteroatoms. The molecule has 5 N–H and O–H groups in total. The van der Waals surface area contributed by atoms with Crippen LogP contribution in [0.2, 0.25) is 0 Å². The second kappa shape index (κ2) is 13.1. The molecule has 3 rings (SSSR count). The zero-order chi connectivity index (χ0) is 27.9. The van der Waals surface area contributed by atoms with Crippen molar-refractivity contribution in [1.82, 2.24) is 20.2 Å². The van der Waals surface area contributed by atoms with Gasteiger partial charge in [-0.2, -0.15) is 0 Å². The fourth-order valence-electron chi connectivity index (χ4n) is 4.29. The highest BCUT2D eigenvalue weighted by Gasteiger charge is 2.45. The number of amides is 3. The molecule has 37 heavy (non-hydrogen) atoms. The first-order valence-corrected chi connectivity index (χ1v) is 11.4. The van der Waals surface area contributed by atoms with Gasteiger partial charge in [0.25, 0.3) is 0 Å². The van der Waals surface area contributed by atoms with E-state index in [1.807, 2.05) is 0 Å². The number of hydrazine groups is 1. The second-order valence-electron chi connectivity index (χ2n) is 8.71. The number of nitrogens with one attached hydrogen (secondary N) is 1. The molecule has 0 radical (unpaired) electrons. The lowest BCUT2D eigenvalue weighted by Gasteiger charge is -2.28. The molecule has 3 amide bonds. The quantitative estimate of drug-likeness (QED) is 0.230. The number of halogens is 3. The van der Waals surface area contributed by atoms with Gasteiger partial charge in [0.1, 0.15) is 5.82 Å². The van der Waals surface area contributed by atoms with Crippen LogP contribution in [0.1, 0.15) is 18.4 Å². The zero-order valence-electron chi connectivity index (χ0n) is 20.4. The van der Waals surface area contributed by atoms with Crippen molar-refractivity contribution in [2.24, 2.45) is 11.7 Å². The van der Waals surface area contributed by atoms with Crippen LogP contribution in [-0.2, 0) is 20.8 Å². The van der Waals surface area contributed by atoms with E-state index < -0.39 is 35.4 Å². The normalized spacial score (nSPS) is 19.3. The molecule has 1 aromatic carbocycles. The van der Waals surface area contributed by atoms with Crippen LogP contribution in [0.3, 0.4) is 0 Å². The number of benzene rings is 1. The Morgan fingerprint density at radius 3 is 2.27 bits per heavy atom. The Bertz CT molecular complexity index is 1040. The summed E-state index contributed by atoms with van der Waals surface area (Å²) >= 11 is 0. The molecule has 204 valence electrons. The van der Waals surface area contributed by atoms with Crippen molar-refractivity contribution < 1.29 is 42.6 Å². The van der Waals surface area contributed by atoms with Gasteiger partial charge < -0.3 is 25.7 Å². The van der Waals surface area contributed by atoms with Crippen LogP contribution in [0.5, 0.6) is 0 Å². The van der Waals surface area contributed by atoms with Crippen molar-refractivity contribution in [3.8, 4) is 0 Å². The molecule has 0 saturated carbocycles. The van der Waals surface area contributed by atoms with E-state index in [4.69, 9.17) is 15.9 Å². The molecule has 2 heterocycles. The third kappa shape index (κ3) is 8.18. The molecule has 0 spiro atoms. The first kappa shape index (κ1) is 29.6. The summed E-state index contributed by atoms with van der Waals surface area (Å²) in [4.78, 5) is 47.6. The molecule has 0 aliphatic carbocycles. The topological polar surface area (TPSA) is 157 Å². The molecular weight excluding hydrogens is 499 g/mol. The molecule has 2 fully saturated rings. The van der Waals surface area contributed by atoms with Gasteiger partial charge in [-0.15, -0.1) is 0 Å². The molecule has 2 saturated heterocycles. The smallest absolute Gasteiger partial charge is 0.334 e. The highest BCUT2D eigenvalue weighted by atomic mass is 19.2. The fourth-order valence-corrected chi connectivity index (χ4v) is 4.29. The fraction of sp³-hybridized carbons (Fsp3) is 0.478. The maximum atomic E-state index is 13.8. The monoisotopic (exact) mass is 529 g/mol. The van der Waals surface area contributed by atoms with Crippen LogP contribution in [0.15, 0.2) is 24.3 Å². The third-order valence-corrected chi connectivity index (χ3v) is 6.14. The van der Waals surface area contributed by atoms with Crippen molar-refractivity contribution in [1.29, 1.82) is 0 Å². The number of hydrogen-bond donors (Lipinski definition) is 4.